The van der Waals surface area contributed by atoms with Crippen LogP contribution >= 0.6 is 0 Å². The van der Waals surface area contributed by atoms with E-state index in [9.17, 15) is 0 Å². The minimum atomic E-state index is 0.633. The van der Waals surface area contributed by atoms with Crippen molar-refractivity contribution in [2.45, 2.75) is 54.4 Å². The molecule has 3 unspecified atom stereocenters. The van der Waals surface area contributed by atoms with Crippen molar-refractivity contribution in [1.82, 2.24) is 0 Å². The highest BCUT2D eigenvalue weighted by Gasteiger charge is 2.76. The molecular weight excluding hydrogens is 168 g/mol. The third-order valence-corrected chi connectivity index (χ3v) is 5.62. The molecule has 14 heavy (non-hydrogen) atoms. The van der Waals surface area contributed by atoms with Gasteiger partial charge >= 0.3 is 0 Å². The summed E-state index contributed by atoms with van der Waals surface area (Å²) in [7, 11) is 0. The smallest absolute Gasteiger partial charge is 0.0156 e. The molecule has 0 aromatic rings. The molecule has 0 N–H and O–H groups in total. The van der Waals surface area contributed by atoms with Crippen molar-refractivity contribution in [3.05, 3.63) is 0 Å². The largest absolute Gasteiger partial charge is 0.0625 e. The van der Waals surface area contributed by atoms with Crippen LogP contribution in [0.4, 0.5) is 0 Å². The summed E-state index contributed by atoms with van der Waals surface area (Å²) in [5, 5.41) is 0. The fourth-order valence-electron chi connectivity index (χ4n) is 5.32. The molecule has 0 amide bonds. The Hall–Kier alpha value is 0. The van der Waals surface area contributed by atoms with E-state index >= 15 is 0 Å². The van der Waals surface area contributed by atoms with Gasteiger partial charge in [-0.2, -0.15) is 0 Å². The molecule has 0 radical (unpaired) electrons. The second-order valence-corrected chi connectivity index (χ2v) is 6.79. The maximum Gasteiger partial charge on any atom is -0.0156 e. The molecule has 0 nitrogen and oxygen atoms in total. The molecule has 0 aromatic carbocycles. The van der Waals surface area contributed by atoms with Gasteiger partial charge in [0.2, 0.25) is 0 Å². The van der Waals surface area contributed by atoms with E-state index in [1.54, 1.807) is 0 Å². The van der Waals surface area contributed by atoms with E-state index < -0.39 is 0 Å². The number of hydrogen-bond donors (Lipinski definition) is 0. The Bertz CT molecular complexity index is 236. The fraction of sp³-hybridized carbons (Fsp3) is 1.00. The van der Waals surface area contributed by atoms with Gasteiger partial charge in [-0.05, 0) is 47.3 Å². The Labute approximate surface area is 89.5 Å². The fourth-order valence-corrected chi connectivity index (χ4v) is 5.32. The summed E-state index contributed by atoms with van der Waals surface area (Å²) in [6.45, 7) is 14.8. The van der Waals surface area contributed by atoms with E-state index in [0.717, 1.165) is 23.7 Å². The molecule has 2 saturated carbocycles. The summed E-state index contributed by atoms with van der Waals surface area (Å²) in [5.74, 6) is 3.77. The SMILES string of the molecule is CC(C)C1CCC2C(C)(C)C12C(C)C. The molecule has 0 heterocycles. The van der Waals surface area contributed by atoms with Crippen LogP contribution in [0.5, 0.6) is 0 Å². The maximum absolute atomic E-state index is 2.51. The second kappa shape index (κ2) is 2.77. The molecule has 0 spiro atoms. The minimum absolute atomic E-state index is 0.633. The van der Waals surface area contributed by atoms with Crippen LogP contribution in [0, 0.1) is 34.5 Å². The average molecular weight is 194 g/mol. The van der Waals surface area contributed by atoms with Crippen LogP contribution in [0.1, 0.15) is 54.4 Å². The van der Waals surface area contributed by atoms with Crippen LogP contribution in [0.25, 0.3) is 0 Å². The predicted molar refractivity (Wildman–Crippen MR) is 62.1 cm³/mol. The topological polar surface area (TPSA) is 0 Å². The van der Waals surface area contributed by atoms with Gasteiger partial charge < -0.3 is 0 Å². The van der Waals surface area contributed by atoms with Crippen LogP contribution in [0.3, 0.4) is 0 Å². The molecule has 0 heteroatoms. The molecule has 82 valence electrons. The van der Waals surface area contributed by atoms with Crippen molar-refractivity contribution in [2.24, 2.45) is 34.5 Å². The Morgan fingerprint density at radius 3 is 1.86 bits per heavy atom. The van der Waals surface area contributed by atoms with Crippen molar-refractivity contribution < 1.29 is 0 Å². The number of rotatable bonds is 2. The van der Waals surface area contributed by atoms with Gasteiger partial charge in [-0.15, -0.1) is 0 Å². The van der Waals surface area contributed by atoms with E-state index in [0.29, 0.717) is 10.8 Å². The first-order valence-electron chi connectivity index (χ1n) is 6.36. The first-order valence-corrected chi connectivity index (χ1v) is 6.36. The Kier molecular flexibility index (Phi) is 2.08. The molecule has 0 aromatic heterocycles. The highest BCUT2D eigenvalue weighted by Crippen LogP contribution is 2.82. The third kappa shape index (κ3) is 0.907. The standard InChI is InChI=1S/C14H26/c1-9(2)11-7-8-12-13(5,6)14(11,12)10(3)4/h9-12H,7-8H2,1-6H3. The van der Waals surface area contributed by atoms with Gasteiger partial charge in [0.15, 0.2) is 0 Å². The molecule has 0 aliphatic heterocycles. The summed E-state index contributed by atoms with van der Waals surface area (Å²) in [4.78, 5) is 0. The van der Waals surface area contributed by atoms with Gasteiger partial charge in [-0.3, -0.25) is 0 Å². The van der Waals surface area contributed by atoms with Crippen LogP contribution in [-0.4, -0.2) is 0 Å². The van der Waals surface area contributed by atoms with Gasteiger partial charge in [0.1, 0.15) is 0 Å². The molecule has 3 atom stereocenters. The van der Waals surface area contributed by atoms with Crippen LogP contribution in [-0.2, 0) is 0 Å². The summed E-state index contributed by atoms with van der Waals surface area (Å²) in [6, 6.07) is 0. The Balaban J connectivity index is 2.33. The zero-order valence-electron chi connectivity index (χ0n) is 10.7. The monoisotopic (exact) mass is 194 g/mol. The minimum Gasteiger partial charge on any atom is -0.0625 e. The first kappa shape index (κ1) is 10.5. The summed E-state index contributed by atoms with van der Waals surface area (Å²) in [5.41, 5.74) is 1.33. The van der Waals surface area contributed by atoms with E-state index in [4.69, 9.17) is 0 Å². The molecule has 2 rings (SSSR count). The van der Waals surface area contributed by atoms with Crippen LogP contribution in [0.2, 0.25) is 0 Å². The third-order valence-electron chi connectivity index (χ3n) is 5.62. The normalized spacial score (nSPS) is 44.6. The lowest BCUT2D eigenvalue weighted by Gasteiger charge is -2.34. The average Bonchev–Trinajstić information content (AvgIpc) is 2.44. The van der Waals surface area contributed by atoms with Gasteiger partial charge in [-0.25, -0.2) is 0 Å². The quantitative estimate of drug-likeness (QED) is 0.613. The van der Waals surface area contributed by atoms with Crippen molar-refractivity contribution in [2.75, 3.05) is 0 Å². The zero-order valence-corrected chi connectivity index (χ0v) is 10.7. The first-order chi connectivity index (χ1) is 6.36. The Morgan fingerprint density at radius 1 is 1.00 bits per heavy atom. The highest BCUT2D eigenvalue weighted by atomic mass is 14.8. The van der Waals surface area contributed by atoms with Crippen LogP contribution in [0.15, 0.2) is 0 Å². The van der Waals surface area contributed by atoms with Gasteiger partial charge in [0.05, 0.1) is 0 Å². The number of hydrogen-bond acceptors (Lipinski definition) is 0. The van der Waals surface area contributed by atoms with Crippen LogP contribution < -0.4 is 0 Å². The van der Waals surface area contributed by atoms with Crippen molar-refractivity contribution in [3.63, 3.8) is 0 Å². The zero-order chi connectivity index (χ0) is 10.7. The van der Waals surface area contributed by atoms with Crippen molar-refractivity contribution >= 4 is 0 Å². The number of fused-ring (bicyclic) bond motifs is 1. The van der Waals surface area contributed by atoms with Gasteiger partial charge in [-0.1, -0.05) is 41.5 Å². The van der Waals surface area contributed by atoms with E-state index in [1.807, 2.05) is 0 Å². The van der Waals surface area contributed by atoms with E-state index in [1.165, 1.54) is 12.8 Å². The van der Waals surface area contributed by atoms with Gasteiger partial charge in [0, 0.05) is 0 Å². The van der Waals surface area contributed by atoms with E-state index in [-0.39, 0.29) is 0 Å². The highest BCUT2D eigenvalue weighted by molar-refractivity contribution is 5.24. The Morgan fingerprint density at radius 2 is 1.57 bits per heavy atom. The molecule has 0 saturated heterocycles. The molecule has 2 aliphatic carbocycles. The molecular formula is C14H26. The molecule has 2 aliphatic rings. The molecule has 2 fully saturated rings. The molecule has 0 bridgehead atoms. The lowest BCUT2D eigenvalue weighted by molar-refractivity contribution is 0.136. The lowest BCUT2D eigenvalue weighted by Crippen LogP contribution is -2.28. The van der Waals surface area contributed by atoms with E-state index in [2.05, 4.69) is 41.5 Å². The lowest BCUT2D eigenvalue weighted by atomic mass is 9.70. The second-order valence-electron chi connectivity index (χ2n) is 6.79. The summed E-state index contributed by atoms with van der Waals surface area (Å²) >= 11 is 0. The summed E-state index contributed by atoms with van der Waals surface area (Å²) in [6.07, 6.45) is 2.98. The van der Waals surface area contributed by atoms with Crippen molar-refractivity contribution in [3.8, 4) is 0 Å². The van der Waals surface area contributed by atoms with Crippen molar-refractivity contribution in [1.29, 1.82) is 0 Å². The maximum atomic E-state index is 2.51. The van der Waals surface area contributed by atoms with Gasteiger partial charge in [0.25, 0.3) is 0 Å². The summed E-state index contributed by atoms with van der Waals surface area (Å²) < 4.78 is 0. The predicted octanol–water partition coefficient (Wildman–Crippen LogP) is 4.35.